The molecule has 2 aliphatic heterocycles. The summed E-state index contributed by atoms with van der Waals surface area (Å²) in [6.45, 7) is 6.51. The molecule has 2 aliphatic rings. The third kappa shape index (κ3) is 3.55. The van der Waals surface area contributed by atoms with E-state index in [0.717, 1.165) is 4.90 Å². The topological polar surface area (TPSA) is 93.2 Å². The van der Waals surface area contributed by atoms with Crippen molar-refractivity contribution in [3.05, 3.63) is 71.4 Å². The first-order valence-corrected chi connectivity index (χ1v) is 10.9. The van der Waals surface area contributed by atoms with Crippen LogP contribution in [0.3, 0.4) is 0 Å². The number of methoxy groups -OCH3 is 1. The summed E-state index contributed by atoms with van der Waals surface area (Å²) >= 11 is 0. The zero-order valence-corrected chi connectivity index (χ0v) is 19.7. The number of amides is 3. The summed E-state index contributed by atoms with van der Waals surface area (Å²) in [5.74, 6) is -1.83. The molecule has 0 N–H and O–H groups in total. The van der Waals surface area contributed by atoms with Gasteiger partial charge < -0.3 is 9.47 Å². The normalized spacial score (nSPS) is 19.2. The second-order valence-corrected chi connectivity index (χ2v) is 9.27. The maximum atomic E-state index is 14.0. The first-order valence-electron chi connectivity index (χ1n) is 10.9. The van der Waals surface area contributed by atoms with Gasteiger partial charge in [0, 0.05) is 13.1 Å². The molecule has 0 saturated heterocycles. The van der Waals surface area contributed by atoms with E-state index in [4.69, 9.17) is 9.47 Å². The van der Waals surface area contributed by atoms with Crippen molar-refractivity contribution in [3.63, 3.8) is 0 Å². The first kappa shape index (κ1) is 23.2. The lowest BCUT2D eigenvalue weighted by Gasteiger charge is -2.29. The molecule has 3 amide bonds. The number of carbonyl (C=O) groups excluding carboxylic acids is 4. The van der Waals surface area contributed by atoms with E-state index >= 15 is 0 Å². The van der Waals surface area contributed by atoms with Gasteiger partial charge in [-0.15, -0.1) is 0 Å². The number of hydrogen-bond donors (Lipinski definition) is 0. The van der Waals surface area contributed by atoms with E-state index in [9.17, 15) is 19.2 Å². The molecule has 1 spiro atoms. The van der Waals surface area contributed by atoms with Crippen LogP contribution in [0, 0.1) is 0 Å². The number of benzene rings is 2. The summed E-state index contributed by atoms with van der Waals surface area (Å²) in [5.41, 5.74) is -0.416. The average Bonchev–Trinajstić information content (AvgIpc) is 2.91. The molecule has 2 heterocycles. The van der Waals surface area contributed by atoms with E-state index in [1.807, 2.05) is 0 Å². The molecule has 0 aliphatic carbocycles. The number of anilines is 2. The molecule has 2 aromatic carbocycles. The Balaban J connectivity index is 2.04. The Morgan fingerprint density at radius 3 is 2.21 bits per heavy atom. The highest BCUT2D eigenvalue weighted by molar-refractivity contribution is 6.26. The Kier molecular flexibility index (Phi) is 5.55. The van der Waals surface area contributed by atoms with Crippen LogP contribution in [0.25, 0.3) is 0 Å². The summed E-state index contributed by atoms with van der Waals surface area (Å²) in [5, 5.41) is 0. The van der Waals surface area contributed by atoms with Gasteiger partial charge in [0.05, 0.1) is 24.1 Å². The maximum Gasteiger partial charge on any atom is 0.418 e. The molecule has 0 radical (unpaired) electrons. The van der Waals surface area contributed by atoms with E-state index in [1.54, 1.807) is 69.3 Å². The molecule has 0 saturated carbocycles. The Bertz CT molecular complexity index is 1240. The number of esters is 1. The maximum absolute atomic E-state index is 14.0. The minimum absolute atomic E-state index is 0.0447. The molecule has 2 aromatic rings. The van der Waals surface area contributed by atoms with Crippen molar-refractivity contribution in [2.75, 3.05) is 16.9 Å². The molecule has 8 nitrogen and oxygen atoms in total. The number of rotatable bonds is 1. The van der Waals surface area contributed by atoms with Crippen molar-refractivity contribution in [2.45, 2.75) is 45.1 Å². The minimum atomic E-state index is -1.57. The van der Waals surface area contributed by atoms with Crippen LogP contribution >= 0.6 is 0 Å². The lowest BCUT2D eigenvalue weighted by molar-refractivity contribution is -0.139. The third-order valence-corrected chi connectivity index (χ3v) is 5.91. The van der Waals surface area contributed by atoms with Crippen molar-refractivity contribution in [1.82, 2.24) is 0 Å². The van der Waals surface area contributed by atoms with Crippen LogP contribution in [-0.2, 0) is 35.7 Å². The van der Waals surface area contributed by atoms with Crippen LogP contribution < -0.4 is 9.80 Å². The predicted molar refractivity (Wildman–Crippen MR) is 125 cm³/mol. The highest BCUT2D eigenvalue weighted by Gasteiger charge is 2.58. The zero-order valence-electron chi connectivity index (χ0n) is 19.7. The molecule has 8 heteroatoms. The Labute approximate surface area is 197 Å². The lowest BCUT2D eigenvalue weighted by Crippen LogP contribution is -2.47. The van der Waals surface area contributed by atoms with Crippen molar-refractivity contribution < 1.29 is 28.7 Å². The molecule has 1 unspecified atom stereocenters. The van der Waals surface area contributed by atoms with Crippen LogP contribution in [0.15, 0.2) is 60.3 Å². The monoisotopic (exact) mass is 462 g/mol. The molecule has 176 valence electrons. The first-order chi connectivity index (χ1) is 16.0. The fraction of sp³-hybridized carbons (Fsp3) is 0.308. The fourth-order valence-corrected chi connectivity index (χ4v) is 4.57. The van der Waals surface area contributed by atoms with Crippen LogP contribution in [-0.4, -0.2) is 36.6 Å². The van der Waals surface area contributed by atoms with Gasteiger partial charge in [0.25, 0.3) is 0 Å². The average molecular weight is 463 g/mol. The molecule has 0 aromatic heterocycles. The minimum Gasteiger partial charge on any atom is -0.466 e. The van der Waals surface area contributed by atoms with E-state index in [-0.39, 0.29) is 12.0 Å². The van der Waals surface area contributed by atoms with Gasteiger partial charge in [-0.05, 0) is 50.5 Å². The summed E-state index contributed by atoms with van der Waals surface area (Å²) in [7, 11) is 1.21. The molecule has 34 heavy (non-hydrogen) atoms. The van der Waals surface area contributed by atoms with Crippen LogP contribution in [0.1, 0.15) is 38.8 Å². The number of ether oxygens (including phenoxy) is 2. The SMILES string of the molecule is COC(=O)C1=CN(C(=O)OC(C)(C)C)c2ccccc2CC12C(=O)N(C(C)=O)c1ccccc12. The molecular formula is C26H26N2O6. The van der Waals surface area contributed by atoms with Gasteiger partial charge in [-0.3, -0.25) is 14.5 Å². The molecule has 0 bridgehead atoms. The Morgan fingerprint density at radius 2 is 1.59 bits per heavy atom. The second-order valence-electron chi connectivity index (χ2n) is 9.27. The Hall–Kier alpha value is -3.94. The number of hydrogen-bond acceptors (Lipinski definition) is 6. The summed E-state index contributed by atoms with van der Waals surface area (Å²) in [6.07, 6.45) is 0.646. The van der Waals surface area contributed by atoms with Crippen molar-refractivity contribution >= 4 is 35.3 Å². The van der Waals surface area contributed by atoms with Gasteiger partial charge in [-0.25, -0.2) is 14.5 Å². The fourth-order valence-electron chi connectivity index (χ4n) is 4.57. The van der Waals surface area contributed by atoms with E-state index in [1.165, 1.54) is 25.1 Å². The highest BCUT2D eigenvalue weighted by atomic mass is 16.6. The number of nitrogens with zero attached hydrogens (tertiary/aromatic N) is 2. The number of imide groups is 1. The van der Waals surface area contributed by atoms with E-state index < -0.39 is 34.9 Å². The van der Waals surface area contributed by atoms with Gasteiger partial charge in [0.1, 0.15) is 11.0 Å². The number of carbonyl (C=O) groups is 4. The summed E-state index contributed by atoms with van der Waals surface area (Å²) < 4.78 is 10.7. The predicted octanol–water partition coefficient (Wildman–Crippen LogP) is 3.87. The Morgan fingerprint density at radius 1 is 0.971 bits per heavy atom. The van der Waals surface area contributed by atoms with Gasteiger partial charge in [0.2, 0.25) is 11.8 Å². The van der Waals surface area contributed by atoms with Gasteiger partial charge >= 0.3 is 12.1 Å². The molecule has 4 rings (SSSR count). The number of para-hydroxylation sites is 2. The quantitative estimate of drug-likeness (QED) is 0.598. The molecule has 1 atom stereocenters. The second kappa shape index (κ2) is 8.13. The summed E-state index contributed by atoms with van der Waals surface area (Å²) in [4.78, 5) is 55.3. The highest BCUT2D eigenvalue weighted by Crippen LogP contribution is 2.51. The van der Waals surface area contributed by atoms with Crippen molar-refractivity contribution in [2.24, 2.45) is 0 Å². The molecule has 0 fully saturated rings. The lowest BCUT2D eigenvalue weighted by atomic mass is 9.71. The summed E-state index contributed by atoms with van der Waals surface area (Å²) in [6, 6.07) is 13.9. The van der Waals surface area contributed by atoms with Crippen LogP contribution in [0.4, 0.5) is 16.2 Å². The van der Waals surface area contributed by atoms with Gasteiger partial charge in [0.15, 0.2) is 0 Å². The zero-order chi connectivity index (χ0) is 24.8. The van der Waals surface area contributed by atoms with Crippen molar-refractivity contribution in [3.8, 4) is 0 Å². The number of fused-ring (bicyclic) bond motifs is 3. The van der Waals surface area contributed by atoms with Crippen molar-refractivity contribution in [1.29, 1.82) is 0 Å². The smallest absolute Gasteiger partial charge is 0.418 e. The largest absolute Gasteiger partial charge is 0.466 e. The van der Waals surface area contributed by atoms with Gasteiger partial charge in [-0.2, -0.15) is 0 Å². The third-order valence-electron chi connectivity index (χ3n) is 5.91. The van der Waals surface area contributed by atoms with E-state index in [2.05, 4.69) is 0 Å². The van der Waals surface area contributed by atoms with E-state index in [0.29, 0.717) is 22.5 Å². The van der Waals surface area contributed by atoms with Crippen LogP contribution in [0.2, 0.25) is 0 Å². The van der Waals surface area contributed by atoms with Crippen LogP contribution in [0.5, 0.6) is 0 Å². The van der Waals surface area contributed by atoms with Gasteiger partial charge in [-0.1, -0.05) is 36.4 Å². The standard InChI is InChI=1S/C26H26N2O6/c1-16(29)28-21-13-9-7-11-18(21)26(23(28)31)14-17-10-6-8-12-20(17)27(15-19(26)22(30)33-5)24(32)34-25(2,3)4/h6-13,15H,14H2,1-5H3. The molecular weight excluding hydrogens is 436 g/mol.